The van der Waals surface area contributed by atoms with E-state index < -0.39 is 0 Å². The average molecular weight is 201 g/mol. The van der Waals surface area contributed by atoms with Crippen molar-refractivity contribution in [3.05, 3.63) is 0 Å². The zero-order chi connectivity index (χ0) is 10.6. The molecule has 1 fully saturated rings. The molecule has 0 N–H and O–H groups in total. The number of rotatable bonds is 4. The molecule has 14 heavy (non-hydrogen) atoms. The lowest BCUT2D eigenvalue weighted by Gasteiger charge is -2.36. The van der Waals surface area contributed by atoms with Crippen LogP contribution in [-0.4, -0.2) is 50.5 Å². The fourth-order valence-corrected chi connectivity index (χ4v) is 1.91. The quantitative estimate of drug-likeness (QED) is 0.688. The van der Waals surface area contributed by atoms with Crippen LogP contribution in [0, 0.1) is 0 Å². The van der Waals surface area contributed by atoms with Crippen LogP contribution in [0.5, 0.6) is 0 Å². The number of methoxy groups -OCH3 is 2. The van der Waals surface area contributed by atoms with Gasteiger partial charge >= 0.3 is 0 Å². The first-order valence-electron chi connectivity index (χ1n) is 5.38. The molecule has 0 bridgehead atoms. The Bertz CT molecular complexity index is 163. The topological polar surface area (TPSA) is 21.7 Å². The Hall–Kier alpha value is -0.120. The summed E-state index contributed by atoms with van der Waals surface area (Å²) in [5.74, 6) is 0. The molecule has 0 aromatic heterocycles. The average Bonchev–Trinajstić information content (AvgIpc) is 2.19. The number of likely N-dealkylation sites (tertiary alicyclic amines) is 1. The van der Waals surface area contributed by atoms with E-state index in [2.05, 4.69) is 18.7 Å². The highest BCUT2D eigenvalue weighted by Gasteiger charge is 2.25. The van der Waals surface area contributed by atoms with E-state index in [9.17, 15) is 0 Å². The summed E-state index contributed by atoms with van der Waals surface area (Å²) in [6, 6.07) is 0. The molecule has 3 heteroatoms. The molecule has 0 spiro atoms. The first kappa shape index (κ1) is 12.0. The Balaban J connectivity index is 2.28. The molecule has 3 nitrogen and oxygen atoms in total. The summed E-state index contributed by atoms with van der Waals surface area (Å²) in [7, 11) is 3.58. The number of hydrogen-bond donors (Lipinski definition) is 0. The maximum absolute atomic E-state index is 5.42. The largest absolute Gasteiger partial charge is 0.381 e. The fraction of sp³-hybridized carbons (Fsp3) is 1.00. The Labute approximate surface area is 87.4 Å². The maximum Gasteiger partial charge on any atom is 0.0749 e. The molecule has 0 radical (unpaired) electrons. The van der Waals surface area contributed by atoms with Crippen LogP contribution in [0.25, 0.3) is 0 Å². The van der Waals surface area contributed by atoms with Crippen LogP contribution in [0.15, 0.2) is 0 Å². The molecule has 0 aromatic rings. The number of piperidine rings is 1. The van der Waals surface area contributed by atoms with Crippen molar-refractivity contribution in [2.24, 2.45) is 0 Å². The van der Waals surface area contributed by atoms with Crippen molar-refractivity contribution in [2.75, 3.05) is 33.9 Å². The number of hydrogen-bond acceptors (Lipinski definition) is 3. The highest BCUT2D eigenvalue weighted by atomic mass is 16.5. The monoisotopic (exact) mass is 201 g/mol. The lowest BCUT2D eigenvalue weighted by Crippen LogP contribution is -2.45. The van der Waals surface area contributed by atoms with Gasteiger partial charge < -0.3 is 14.4 Å². The van der Waals surface area contributed by atoms with Crippen LogP contribution in [0.1, 0.15) is 26.7 Å². The standard InChI is InChI=1S/C11H23NO2/c1-11(2,14-4)9-12-7-5-10(13-3)6-8-12/h10H,5-9H2,1-4H3. The van der Waals surface area contributed by atoms with Crippen molar-refractivity contribution in [1.29, 1.82) is 0 Å². The third-order valence-electron chi connectivity index (χ3n) is 3.02. The van der Waals surface area contributed by atoms with Crippen molar-refractivity contribution in [1.82, 2.24) is 4.90 Å². The van der Waals surface area contributed by atoms with Crippen molar-refractivity contribution < 1.29 is 9.47 Å². The molecule has 0 unspecified atom stereocenters. The third-order valence-corrected chi connectivity index (χ3v) is 3.02. The molecular formula is C11H23NO2. The predicted molar refractivity (Wildman–Crippen MR) is 57.6 cm³/mol. The van der Waals surface area contributed by atoms with Gasteiger partial charge in [-0.3, -0.25) is 0 Å². The normalized spacial score (nSPS) is 21.4. The summed E-state index contributed by atoms with van der Waals surface area (Å²) >= 11 is 0. The van der Waals surface area contributed by atoms with E-state index in [4.69, 9.17) is 9.47 Å². The number of nitrogens with zero attached hydrogens (tertiary/aromatic N) is 1. The van der Waals surface area contributed by atoms with Crippen LogP contribution in [0.4, 0.5) is 0 Å². The second kappa shape index (κ2) is 5.10. The van der Waals surface area contributed by atoms with Crippen molar-refractivity contribution >= 4 is 0 Å². The Morgan fingerprint density at radius 3 is 2.21 bits per heavy atom. The Kier molecular flexibility index (Phi) is 4.35. The van der Waals surface area contributed by atoms with Crippen LogP contribution >= 0.6 is 0 Å². The minimum Gasteiger partial charge on any atom is -0.381 e. The maximum atomic E-state index is 5.42. The SMILES string of the molecule is COC1CCN(CC(C)(C)OC)CC1. The zero-order valence-corrected chi connectivity index (χ0v) is 9.88. The molecule has 1 heterocycles. The second-order valence-corrected chi connectivity index (χ2v) is 4.68. The highest BCUT2D eigenvalue weighted by Crippen LogP contribution is 2.17. The van der Waals surface area contributed by atoms with Gasteiger partial charge in [0.2, 0.25) is 0 Å². The van der Waals surface area contributed by atoms with E-state index in [-0.39, 0.29) is 5.60 Å². The predicted octanol–water partition coefficient (Wildman–Crippen LogP) is 1.52. The summed E-state index contributed by atoms with van der Waals surface area (Å²) in [5, 5.41) is 0. The fourth-order valence-electron chi connectivity index (χ4n) is 1.91. The molecule has 1 rings (SSSR count). The van der Waals surface area contributed by atoms with E-state index in [1.165, 1.54) is 0 Å². The molecule has 0 atom stereocenters. The van der Waals surface area contributed by atoms with Gasteiger partial charge in [-0.1, -0.05) is 0 Å². The molecule has 1 aliphatic rings. The van der Waals surface area contributed by atoms with Crippen LogP contribution in [-0.2, 0) is 9.47 Å². The molecule has 1 aliphatic heterocycles. The third kappa shape index (κ3) is 3.56. The lowest BCUT2D eigenvalue weighted by molar-refractivity contribution is -0.0274. The summed E-state index contributed by atoms with van der Waals surface area (Å²) < 4.78 is 10.8. The van der Waals surface area contributed by atoms with Gasteiger partial charge in [-0.05, 0) is 26.7 Å². The number of ether oxygens (including phenoxy) is 2. The van der Waals surface area contributed by atoms with E-state index in [1.807, 2.05) is 0 Å². The van der Waals surface area contributed by atoms with Gasteiger partial charge in [-0.25, -0.2) is 0 Å². The van der Waals surface area contributed by atoms with Crippen molar-refractivity contribution in [2.45, 2.75) is 38.4 Å². The molecule has 0 amide bonds. The highest BCUT2D eigenvalue weighted by molar-refractivity contribution is 4.79. The van der Waals surface area contributed by atoms with Gasteiger partial charge in [-0.15, -0.1) is 0 Å². The van der Waals surface area contributed by atoms with Gasteiger partial charge in [0.15, 0.2) is 0 Å². The van der Waals surface area contributed by atoms with Crippen LogP contribution in [0.3, 0.4) is 0 Å². The van der Waals surface area contributed by atoms with Gasteiger partial charge in [0.25, 0.3) is 0 Å². The Morgan fingerprint density at radius 2 is 1.79 bits per heavy atom. The lowest BCUT2D eigenvalue weighted by atomic mass is 10.0. The van der Waals surface area contributed by atoms with Crippen LogP contribution in [0.2, 0.25) is 0 Å². The molecule has 0 aromatic carbocycles. The van der Waals surface area contributed by atoms with Gasteiger partial charge in [0, 0.05) is 33.9 Å². The van der Waals surface area contributed by atoms with Crippen molar-refractivity contribution in [3.8, 4) is 0 Å². The molecule has 0 aliphatic carbocycles. The smallest absolute Gasteiger partial charge is 0.0749 e. The summed E-state index contributed by atoms with van der Waals surface area (Å²) in [6.45, 7) is 7.54. The summed E-state index contributed by atoms with van der Waals surface area (Å²) in [4.78, 5) is 2.46. The Morgan fingerprint density at radius 1 is 1.21 bits per heavy atom. The summed E-state index contributed by atoms with van der Waals surface area (Å²) in [6.07, 6.45) is 2.77. The molecule has 84 valence electrons. The molecule has 1 saturated heterocycles. The van der Waals surface area contributed by atoms with Gasteiger partial charge in [0.1, 0.15) is 0 Å². The van der Waals surface area contributed by atoms with E-state index in [0.29, 0.717) is 6.10 Å². The second-order valence-electron chi connectivity index (χ2n) is 4.68. The van der Waals surface area contributed by atoms with E-state index in [1.54, 1.807) is 14.2 Å². The van der Waals surface area contributed by atoms with Crippen LogP contribution < -0.4 is 0 Å². The minimum absolute atomic E-state index is 0.0279. The van der Waals surface area contributed by atoms with Crippen molar-refractivity contribution in [3.63, 3.8) is 0 Å². The molecule has 0 saturated carbocycles. The van der Waals surface area contributed by atoms with Gasteiger partial charge in [-0.2, -0.15) is 0 Å². The summed E-state index contributed by atoms with van der Waals surface area (Å²) in [5.41, 5.74) is -0.0279. The van der Waals surface area contributed by atoms with Gasteiger partial charge in [0.05, 0.1) is 11.7 Å². The van der Waals surface area contributed by atoms with E-state index >= 15 is 0 Å². The first-order chi connectivity index (χ1) is 6.57. The zero-order valence-electron chi connectivity index (χ0n) is 9.88. The van der Waals surface area contributed by atoms with E-state index in [0.717, 1.165) is 32.5 Å². The first-order valence-corrected chi connectivity index (χ1v) is 5.38. The minimum atomic E-state index is -0.0279. The molecular weight excluding hydrogens is 178 g/mol.